The average Bonchev–Trinajstić information content (AvgIpc) is 3.32. The smallest absolute Gasteiger partial charge is 0.246 e. The van der Waals surface area contributed by atoms with Crippen molar-refractivity contribution >= 4 is 56.6 Å². The monoisotopic (exact) mass is 528 g/mol. The van der Waals surface area contributed by atoms with Crippen molar-refractivity contribution in [1.29, 1.82) is 0 Å². The lowest BCUT2D eigenvalue weighted by atomic mass is 10.1. The summed E-state index contributed by atoms with van der Waals surface area (Å²) >= 11 is 17.9. The second-order valence-corrected chi connectivity index (χ2v) is 10.6. The fourth-order valence-electron chi connectivity index (χ4n) is 3.11. The summed E-state index contributed by atoms with van der Waals surface area (Å²) in [6.45, 7) is 2.01. The minimum atomic E-state index is -3.92. The molecule has 2 aromatic rings. The molecular formula is C22H23Cl3N4O3S. The lowest BCUT2D eigenvalue weighted by Gasteiger charge is -2.18. The standard InChI is InChI=1S/C22H23Cl3N4O3S/c1-28(14-15-5-7-16(8-6-15)22-26-11-12-27-22)19(30)4-3-13-29(2)33(31,32)18-10-9-17(23)20(24)21(18)25/h3-10H,11-14H2,1-2H3,(H,26,27). The summed E-state index contributed by atoms with van der Waals surface area (Å²) in [5.41, 5.74) is 1.98. The Labute approximate surface area is 208 Å². The molecule has 0 saturated carbocycles. The first-order valence-corrected chi connectivity index (χ1v) is 12.6. The van der Waals surface area contributed by atoms with Crippen molar-refractivity contribution in [2.24, 2.45) is 4.99 Å². The SMILES string of the molecule is CN(Cc1ccc(C2=NCCN2)cc1)C(=O)C=CCN(C)S(=O)(=O)c1ccc(Cl)c(Cl)c1Cl. The minimum Gasteiger partial charge on any atom is -0.368 e. The Morgan fingerprint density at radius 3 is 2.42 bits per heavy atom. The van der Waals surface area contributed by atoms with Gasteiger partial charge in [-0.15, -0.1) is 0 Å². The molecule has 1 N–H and O–H groups in total. The van der Waals surface area contributed by atoms with Crippen LogP contribution in [0.2, 0.25) is 15.1 Å². The van der Waals surface area contributed by atoms with E-state index in [1.54, 1.807) is 11.9 Å². The molecule has 176 valence electrons. The maximum Gasteiger partial charge on any atom is 0.246 e. The average molecular weight is 530 g/mol. The number of carbonyl (C=O) groups is 1. The molecule has 2 aromatic carbocycles. The van der Waals surface area contributed by atoms with E-state index in [0.29, 0.717) is 6.54 Å². The summed E-state index contributed by atoms with van der Waals surface area (Å²) in [7, 11) is -0.853. The highest BCUT2D eigenvalue weighted by atomic mass is 35.5. The molecule has 0 bridgehead atoms. The van der Waals surface area contributed by atoms with E-state index < -0.39 is 10.0 Å². The largest absolute Gasteiger partial charge is 0.368 e. The molecule has 11 heteroatoms. The highest BCUT2D eigenvalue weighted by Crippen LogP contribution is 2.35. The number of likely N-dealkylation sites (N-methyl/N-ethyl adjacent to an activating group) is 2. The molecular weight excluding hydrogens is 507 g/mol. The first kappa shape index (κ1) is 25.5. The Hall–Kier alpha value is -2.10. The summed E-state index contributed by atoms with van der Waals surface area (Å²) in [4.78, 5) is 18.2. The zero-order valence-corrected chi connectivity index (χ0v) is 21.1. The molecule has 33 heavy (non-hydrogen) atoms. The van der Waals surface area contributed by atoms with E-state index in [4.69, 9.17) is 34.8 Å². The lowest BCUT2D eigenvalue weighted by Crippen LogP contribution is -2.28. The summed E-state index contributed by atoms with van der Waals surface area (Å²) in [6, 6.07) is 10.5. The Balaban J connectivity index is 1.58. The van der Waals surface area contributed by atoms with Gasteiger partial charge in [0.1, 0.15) is 10.7 Å². The third-order valence-corrected chi connectivity index (χ3v) is 8.28. The highest BCUT2D eigenvalue weighted by Gasteiger charge is 2.25. The molecule has 0 unspecified atom stereocenters. The van der Waals surface area contributed by atoms with Crippen LogP contribution in [-0.2, 0) is 21.4 Å². The fourth-order valence-corrected chi connectivity index (χ4v) is 5.18. The molecule has 0 saturated heterocycles. The van der Waals surface area contributed by atoms with E-state index in [9.17, 15) is 13.2 Å². The summed E-state index contributed by atoms with van der Waals surface area (Å²) < 4.78 is 26.6. The molecule has 7 nitrogen and oxygen atoms in total. The predicted octanol–water partition coefficient (Wildman–Crippen LogP) is 3.83. The van der Waals surface area contributed by atoms with Gasteiger partial charge < -0.3 is 10.2 Å². The van der Waals surface area contributed by atoms with E-state index in [-0.39, 0.29) is 32.4 Å². The van der Waals surface area contributed by atoms with Gasteiger partial charge in [0.25, 0.3) is 0 Å². The van der Waals surface area contributed by atoms with Crippen LogP contribution in [0.15, 0.2) is 58.4 Å². The number of rotatable bonds is 8. The van der Waals surface area contributed by atoms with Crippen molar-refractivity contribution < 1.29 is 13.2 Å². The Morgan fingerprint density at radius 2 is 1.79 bits per heavy atom. The number of sulfonamides is 1. The van der Waals surface area contributed by atoms with E-state index in [1.807, 2.05) is 24.3 Å². The molecule has 1 aliphatic heterocycles. The lowest BCUT2D eigenvalue weighted by molar-refractivity contribution is -0.125. The van der Waals surface area contributed by atoms with Gasteiger partial charge in [0.2, 0.25) is 15.9 Å². The second kappa shape index (κ2) is 10.9. The number of halogens is 3. The van der Waals surface area contributed by atoms with E-state index in [1.165, 1.54) is 31.3 Å². The third-order valence-electron chi connectivity index (χ3n) is 5.01. The van der Waals surface area contributed by atoms with Gasteiger partial charge in [-0.3, -0.25) is 9.79 Å². The zero-order valence-electron chi connectivity index (χ0n) is 18.1. The number of aliphatic imine (C=N–C) groups is 1. The van der Waals surface area contributed by atoms with Crippen molar-refractivity contribution in [3.05, 3.63) is 74.7 Å². The van der Waals surface area contributed by atoms with E-state index in [2.05, 4.69) is 10.3 Å². The van der Waals surface area contributed by atoms with Crippen LogP contribution in [0.5, 0.6) is 0 Å². The fraction of sp³-hybridized carbons (Fsp3) is 0.273. The van der Waals surface area contributed by atoms with E-state index in [0.717, 1.165) is 34.4 Å². The highest BCUT2D eigenvalue weighted by molar-refractivity contribution is 7.89. The maximum atomic E-state index is 12.8. The molecule has 0 spiro atoms. The number of amidine groups is 1. The summed E-state index contributed by atoms with van der Waals surface area (Å²) in [5, 5.41) is 3.22. The van der Waals surface area contributed by atoms with Crippen LogP contribution in [0.25, 0.3) is 0 Å². The van der Waals surface area contributed by atoms with Crippen molar-refractivity contribution in [3.8, 4) is 0 Å². The number of hydrogen-bond donors (Lipinski definition) is 1. The van der Waals surface area contributed by atoms with Gasteiger partial charge >= 0.3 is 0 Å². The van der Waals surface area contributed by atoms with Gasteiger partial charge in [0, 0.05) is 45.4 Å². The molecule has 3 rings (SSSR count). The van der Waals surface area contributed by atoms with Gasteiger partial charge in [-0.2, -0.15) is 4.31 Å². The number of nitrogens with zero attached hydrogens (tertiary/aromatic N) is 3. The molecule has 0 aromatic heterocycles. The normalized spacial score (nSPS) is 13.9. The van der Waals surface area contributed by atoms with Crippen LogP contribution < -0.4 is 5.32 Å². The number of carbonyl (C=O) groups excluding carboxylic acids is 1. The van der Waals surface area contributed by atoms with Crippen molar-refractivity contribution in [2.75, 3.05) is 33.7 Å². The minimum absolute atomic E-state index is 0.0255. The van der Waals surface area contributed by atoms with Crippen LogP contribution in [0.1, 0.15) is 11.1 Å². The quantitative estimate of drug-likeness (QED) is 0.416. The van der Waals surface area contributed by atoms with Crippen LogP contribution in [0.3, 0.4) is 0 Å². The van der Waals surface area contributed by atoms with Crippen LogP contribution >= 0.6 is 34.8 Å². The summed E-state index contributed by atoms with van der Waals surface area (Å²) in [6.07, 6.45) is 2.82. The molecule has 0 fully saturated rings. The van der Waals surface area contributed by atoms with Gasteiger partial charge in [-0.05, 0) is 17.7 Å². The Bertz CT molecular complexity index is 1200. The topological polar surface area (TPSA) is 82.1 Å². The maximum absolute atomic E-state index is 12.8. The van der Waals surface area contributed by atoms with E-state index >= 15 is 0 Å². The van der Waals surface area contributed by atoms with Gasteiger partial charge in [-0.1, -0.05) is 65.1 Å². The number of nitrogens with one attached hydrogen (secondary N) is 1. The molecule has 1 heterocycles. The first-order chi connectivity index (χ1) is 15.6. The third kappa shape index (κ3) is 6.07. The van der Waals surface area contributed by atoms with Crippen molar-refractivity contribution in [3.63, 3.8) is 0 Å². The second-order valence-electron chi connectivity index (χ2n) is 7.41. The van der Waals surface area contributed by atoms with Gasteiger partial charge in [0.15, 0.2) is 0 Å². The van der Waals surface area contributed by atoms with Crippen molar-refractivity contribution in [1.82, 2.24) is 14.5 Å². The Kier molecular flexibility index (Phi) is 8.42. The van der Waals surface area contributed by atoms with Gasteiger partial charge in [0.05, 0.1) is 21.6 Å². The number of benzene rings is 2. The van der Waals surface area contributed by atoms with Gasteiger partial charge in [-0.25, -0.2) is 8.42 Å². The van der Waals surface area contributed by atoms with Crippen molar-refractivity contribution in [2.45, 2.75) is 11.4 Å². The molecule has 1 aliphatic rings. The molecule has 0 radical (unpaired) electrons. The zero-order chi connectivity index (χ0) is 24.2. The Morgan fingerprint density at radius 1 is 1.09 bits per heavy atom. The van der Waals surface area contributed by atoms with Crippen LogP contribution in [0, 0.1) is 0 Å². The predicted molar refractivity (Wildman–Crippen MR) is 133 cm³/mol. The molecule has 0 atom stereocenters. The number of hydrogen-bond acceptors (Lipinski definition) is 5. The van der Waals surface area contributed by atoms with Crippen LogP contribution in [-0.4, -0.2) is 63.1 Å². The first-order valence-electron chi connectivity index (χ1n) is 10.0. The number of amides is 1. The summed E-state index contributed by atoms with van der Waals surface area (Å²) in [5.74, 6) is 0.634. The molecule has 1 amide bonds. The molecule has 0 aliphatic carbocycles. The van der Waals surface area contributed by atoms with Crippen LogP contribution in [0.4, 0.5) is 0 Å².